The zero-order valence-electron chi connectivity index (χ0n) is 8.17. The molecule has 2 rings (SSSR count). The van der Waals surface area contributed by atoms with Crippen molar-refractivity contribution in [3.63, 3.8) is 0 Å². The first kappa shape index (κ1) is 8.52. The van der Waals surface area contributed by atoms with Gasteiger partial charge in [0.25, 0.3) is 0 Å². The van der Waals surface area contributed by atoms with E-state index in [0.717, 1.165) is 19.8 Å². The average Bonchev–Trinajstić information content (AvgIpc) is 2.54. The molecule has 0 bridgehead atoms. The quantitative estimate of drug-likeness (QED) is 0.596. The lowest BCUT2D eigenvalue weighted by molar-refractivity contribution is 0.0383. The molecule has 0 N–H and O–H groups in total. The first-order valence-electron chi connectivity index (χ1n) is 4.84. The van der Waals surface area contributed by atoms with E-state index in [1.54, 1.807) is 0 Å². The second-order valence-corrected chi connectivity index (χ2v) is 4.65. The first-order valence-corrected chi connectivity index (χ1v) is 4.84. The molecule has 0 aliphatic carbocycles. The van der Waals surface area contributed by atoms with Crippen molar-refractivity contribution in [1.29, 1.82) is 0 Å². The fourth-order valence-corrected chi connectivity index (χ4v) is 2.30. The Morgan fingerprint density at radius 2 is 2.08 bits per heavy atom. The van der Waals surface area contributed by atoms with Crippen LogP contribution in [0.3, 0.4) is 0 Å². The Morgan fingerprint density at radius 3 is 2.75 bits per heavy atom. The van der Waals surface area contributed by atoms with Crippen molar-refractivity contribution in [1.82, 2.24) is 0 Å². The Morgan fingerprint density at radius 1 is 1.33 bits per heavy atom. The Bertz CT molecular complexity index is 179. The van der Waals surface area contributed by atoms with Gasteiger partial charge in [-0.2, -0.15) is 0 Å². The van der Waals surface area contributed by atoms with Gasteiger partial charge in [0.05, 0.1) is 25.9 Å². The van der Waals surface area contributed by atoms with Crippen LogP contribution in [0.2, 0.25) is 0 Å². The minimum atomic E-state index is 0.348. The minimum Gasteiger partial charge on any atom is -0.378 e. The molecule has 0 aromatic heterocycles. The molecule has 3 atom stereocenters. The van der Waals surface area contributed by atoms with Crippen LogP contribution in [0, 0.1) is 17.3 Å². The third-order valence-electron chi connectivity index (χ3n) is 3.80. The summed E-state index contributed by atoms with van der Waals surface area (Å²) in [4.78, 5) is 0. The summed E-state index contributed by atoms with van der Waals surface area (Å²) >= 11 is 0. The van der Waals surface area contributed by atoms with Crippen molar-refractivity contribution in [2.75, 3.05) is 19.8 Å². The first-order chi connectivity index (χ1) is 5.64. The van der Waals surface area contributed by atoms with Gasteiger partial charge in [-0.3, -0.25) is 0 Å². The van der Waals surface area contributed by atoms with Gasteiger partial charge < -0.3 is 9.47 Å². The third-order valence-corrected chi connectivity index (χ3v) is 3.80. The highest BCUT2D eigenvalue weighted by Gasteiger charge is 2.50. The van der Waals surface area contributed by atoms with E-state index in [9.17, 15) is 0 Å². The van der Waals surface area contributed by atoms with Crippen LogP contribution in [-0.2, 0) is 9.47 Å². The zero-order chi connectivity index (χ0) is 8.77. The van der Waals surface area contributed by atoms with Crippen LogP contribution in [0.4, 0.5) is 0 Å². The van der Waals surface area contributed by atoms with Crippen molar-refractivity contribution >= 4 is 0 Å². The Balaban J connectivity index is 2.17. The van der Waals surface area contributed by atoms with Crippen LogP contribution in [-0.4, -0.2) is 25.9 Å². The molecule has 0 aromatic carbocycles. The maximum absolute atomic E-state index is 5.73. The van der Waals surface area contributed by atoms with Gasteiger partial charge in [0.15, 0.2) is 0 Å². The minimum absolute atomic E-state index is 0.348. The van der Waals surface area contributed by atoms with E-state index in [4.69, 9.17) is 9.47 Å². The van der Waals surface area contributed by atoms with Gasteiger partial charge in [-0.05, 0) is 5.92 Å². The maximum atomic E-state index is 5.73. The molecule has 2 heterocycles. The van der Waals surface area contributed by atoms with Crippen molar-refractivity contribution in [2.24, 2.45) is 17.3 Å². The van der Waals surface area contributed by atoms with Gasteiger partial charge in [0.1, 0.15) is 0 Å². The lowest BCUT2D eigenvalue weighted by atomic mass is 9.70. The normalized spacial score (nSPS) is 47.0. The Kier molecular flexibility index (Phi) is 1.92. The summed E-state index contributed by atoms with van der Waals surface area (Å²) in [5.74, 6) is 1.33. The van der Waals surface area contributed by atoms with Gasteiger partial charge in [0.2, 0.25) is 0 Å². The van der Waals surface area contributed by atoms with E-state index < -0.39 is 0 Å². The smallest absolute Gasteiger partial charge is 0.0864 e. The molecule has 2 heteroatoms. The lowest BCUT2D eigenvalue weighted by Crippen LogP contribution is -2.33. The molecule has 3 unspecified atom stereocenters. The summed E-state index contributed by atoms with van der Waals surface area (Å²) in [6, 6.07) is 0. The van der Waals surface area contributed by atoms with E-state index >= 15 is 0 Å². The predicted octanol–water partition coefficient (Wildman–Crippen LogP) is 1.69. The van der Waals surface area contributed by atoms with E-state index in [1.807, 2.05) is 0 Å². The zero-order valence-corrected chi connectivity index (χ0v) is 8.17. The summed E-state index contributed by atoms with van der Waals surface area (Å²) in [5.41, 5.74) is 0.348. The molecule has 2 saturated heterocycles. The maximum Gasteiger partial charge on any atom is 0.0864 e. The van der Waals surface area contributed by atoms with Gasteiger partial charge in [0, 0.05) is 11.3 Å². The van der Waals surface area contributed by atoms with Crippen molar-refractivity contribution in [3.8, 4) is 0 Å². The summed E-state index contributed by atoms with van der Waals surface area (Å²) in [7, 11) is 0. The topological polar surface area (TPSA) is 18.5 Å². The highest BCUT2D eigenvalue weighted by molar-refractivity contribution is 4.97. The number of hydrogen-bond donors (Lipinski definition) is 0. The second-order valence-electron chi connectivity index (χ2n) is 4.65. The molecule has 2 aliphatic heterocycles. The second kappa shape index (κ2) is 2.71. The predicted molar refractivity (Wildman–Crippen MR) is 47.0 cm³/mol. The van der Waals surface area contributed by atoms with E-state index in [2.05, 4.69) is 20.8 Å². The molecule has 0 aromatic rings. The highest BCUT2D eigenvalue weighted by Crippen LogP contribution is 2.46. The standard InChI is InChI=1S/C10H18O2/c1-7(2)10(3)6-12-9-5-11-4-8(9)10/h7-9H,4-6H2,1-3H3. The molecule has 0 spiro atoms. The molecule has 0 amide bonds. The van der Waals surface area contributed by atoms with Gasteiger partial charge in [-0.1, -0.05) is 20.8 Å². The SMILES string of the molecule is CC(C)C1(C)COC2COCC21. The number of fused-ring (bicyclic) bond motifs is 1. The summed E-state index contributed by atoms with van der Waals surface area (Å²) < 4.78 is 11.2. The molecular formula is C10H18O2. The van der Waals surface area contributed by atoms with Gasteiger partial charge in [-0.25, -0.2) is 0 Å². The van der Waals surface area contributed by atoms with Crippen LogP contribution in [0.25, 0.3) is 0 Å². The van der Waals surface area contributed by atoms with Crippen LogP contribution in [0.5, 0.6) is 0 Å². The highest BCUT2D eigenvalue weighted by atomic mass is 16.6. The third kappa shape index (κ3) is 1.01. The average molecular weight is 170 g/mol. The fraction of sp³-hybridized carbons (Fsp3) is 1.00. The van der Waals surface area contributed by atoms with Crippen LogP contribution < -0.4 is 0 Å². The molecule has 2 nitrogen and oxygen atoms in total. The van der Waals surface area contributed by atoms with E-state index in [0.29, 0.717) is 23.4 Å². The van der Waals surface area contributed by atoms with Crippen LogP contribution in [0.1, 0.15) is 20.8 Å². The largest absolute Gasteiger partial charge is 0.378 e. The number of hydrogen-bond acceptors (Lipinski definition) is 2. The van der Waals surface area contributed by atoms with E-state index in [1.165, 1.54) is 0 Å². The van der Waals surface area contributed by atoms with Gasteiger partial charge in [-0.15, -0.1) is 0 Å². The molecular weight excluding hydrogens is 152 g/mol. The molecule has 0 saturated carbocycles. The summed E-state index contributed by atoms with van der Waals surface area (Å²) in [6.45, 7) is 9.53. The van der Waals surface area contributed by atoms with Gasteiger partial charge >= 0.3 is 0 Å². The summed E-state index contributed by atoms with van der Waals surface area (Å²) in [6.07, 6.45) is 0.386. The van der Waals surface area contributed by atoms with Crippen molar-refractivity contribution < 1.29 is 9.47 Å². The van der Waals surface area contributed by atoms with Crippen LogP contribution in [0.15, 0.2) is 0 Å². The van der Waals surface area contributed by atoms with E-state index in [-0.39, 0.29) is 0 Å². The fourth-order valence-electron chi connectivity index (χ4n) is 2.30. The molecule has 2 fully saturated rings. The summed E-state index contributed by atoms with van der Waals surface area (Å²) in [5, 5.41) is 0. The van der Waals surface area contributed by atoms with Crippen molar-refractivity contribution in [3.05, 3.63) is 0 Å². The monoisotopic (exact) mass is 170 g/mol. The van der Waals surface area contributed by atoms with Crippen molar-refractivity contribution in [2.45, 2.75) is 26.9 Å². The number of rotatable bonds is 1. The van der Waals surface area contributed by atoms with Crippen LogP contribution >= 0.6 is 0 Å². The lowest BCUT2D eigenvalue weighted by Gasteiger charge is -2.32. The molecule has 2 aliphatic rings. The Hall–Kier alpha value is -0.0800. The number of ether oxygens (including phenoxy) is 2. The molecule has 0 radical (unpaired) electrons. The Labute approximate surface area is 74.2 Å². The molecule has 70 valence electrons. The molecule has 12 heavy (non-hydrogen) atoms.